The smallest absolute Gasteiger partial charge is 0.0465 e. The van der Waals surface area contributed by atoms with E-state index >= 15 is 0 Å². The Morgan fingerprint density at radius 3 is 1.39 bits per heavy atom. The number of fused-ring (bicyclic) bond motifs is 3. The summed E-state index contributed by atoms with van der Waals surface area (Å²) >= 11 is 0. The van der Waals surface area contributed by atoms with Gasteiger partial charge in [-0.05, 0) is 99.6 Å². The van der Waals surface area contributed by atoms with Crippen molar-refractivity contribution < 1.29 is 0 Å². The van der Waals surface area contributed by atoms with Gasteiger partial charge in [-0.1, -0.05) is 147 Å². The van der Waals surface area contributed by atoms with Crippen molar-refractivity contribution in [1.29, 1.82) is 0 Å². The second-order valence-corrected chi connectivity index (χ2v) is 13.2. The fourth-order valence-corrected chi connectivity index (χ4v) is 7.32. The zero-order valence-electron chi connectivity index (χ0n) is 27.8. The van der Waals surface area contributed by atoms with E-state index in [9.17, 15) is 0 Å². The van der Waals surface area contributed by atoms with Crippen LogP contribution in [0.1, 0.15) is 58.7 Å². The zero-order chi connectivity index (χ0) is 33.2. The van der Waals surface area contributed by atoms with Gasteiger partial charge in [0.25, 0.3) is 0 Å². The van der Waals surface area contributed by atoms with Crippen LogP contribution in [0.15, 0.2) is 182 Å². The van der Waals surface area contributed by atoms with Crippen LogP contribution in [-0.2, 0) is 5.41 Å². The molecule has 7 aromatic carbocycles. The van der Waals surface area contributed by atoms with Gasteiger partial charge in [-0.15, -0.1) is 0 Å². The van der Waals surface area contributed by atoms with E-state index in [1.165, 1.54) is 38.9 Å². The maximum absolute atomic E-state index is 3.48. The average Bonchev–Trinajstić information content (AvgIpc) is 3.38. The number of hydrogen-bond acceptors (Lipinski definition) is 1. The molecule has 1 aliphatic carbocycles. The summed E-state index contributed by atoms with van der Waals surface area (Å²) in [4.78, 5) is 2.34. The third-order valence-electron chi connectivity index (χ3n) is 9.81. The first-order valence-electron chi connectivity index (χ1n) is 17.0. The fraction of sp³-hybridized carbons (Fsp3) is 0.0833. The SMILES string of the molecule is CC1(C)c2cc(C#Cc3ccc(C(c4ccccc4)c4ccccc4)cc3)ccc2-c2ccc(N(c3ccccc3)c3ccccc3)cc21. The molecule has 0 fully saturated rings. The minimum absolute atomic E-state index is 0.164. The van der Waals surface area contributed by atoms with Crippen molar-refractivity contribution in [2.75, 3.05) is 4.90 Å². The summed E-state index contributed by atoms with van der Waals surface area (Å²) in [7, 11) is 0. The number of nitrogens with zero attached hydrogens (tertiary/aromatic N) is 1. The number of benzene rings is 7. The summed E-state index contributed by atoms with van der Waals surface area (Å²) in [5.74, 6) is 7.11. The zero-order valence-corrected chi connectivity index (χ0v) is 27.8. The summed E-state index contributed by atoms with van der Waals surface area (Å²) in [6.07, 6.45) is 0. The molecule has 0 radical (unpaired) electrons. The molecule has 8 rings (SSSR count). The Labute approximate surface area is 290 Å². The van der Waals surface area contributed by atoms with E-state index in [1.807, 2.05) is 0 Å². The Morgan fingerprint density at radius 1 is 0.408 bits per heavy atom. The minimum Gasteiger partial charge on any atom is -0.310 e. The largest absolute Gasteiger partial charge is 0.310 e. The Hall–Kier alpha value is -6.10. The number of hydrogen-bond donors (Lipinski definition) is 0. The van der Waals surface area contributed by atoms with E-state index in [-0.39, 0.29) is 11.3 Å². The molecule has 0 bridgehead atoms. The average molecular weight is 628 g/mol. The molecule has 0 saturated heterocycles. The Bertz CT molecular complexity index is 2200. The summed E-state index contributed by atoms with van der Waals surface area (Å²) < 4.78 is 0. The van der Waals surface area contributed by atoms with E-state index in [4.69, 9.17) is 0 Å². The topological polar surface area (TPSA) is 3.24 Å². The first-order chi connectivity index (χ1) is 24.1. The predicted octanol–water partition coefficient (Wildman–Crippen LogP) is 12.0. The van der Waals surface area contributed by atoms with Crippen molar-refractivity contribution in [3.05, 3.63) is 221 Å². The quantitative estimate of drug-likeness (QED) is 0.131. The number of rotatable bonds is 6. The van der Waals surface area contributed by atoms with Crippen molar-refractivity contribution in [2.45, 2.75) is 25.2 Å². The van der Waals surface area contributed by atoms with Crippen molar-refractivity contribution >= 4 is 17.1 Å². The monoisotopic (exact) mass is 627 g/mol. The van der Waals surface area contributed by atoms with Gasteiger partial charge in [0.15, 0.2) is 0 Å². The third-order valence-corrected chi connectivity index (χ3v) is 9.81. The highest BCUT2D eigenvalue weighted by Crippen LogP contribution is 2.51. The molecule has 0 unspecified atom stereocenters. The van der Waals surface area contributed by atoms with Gasteiger partial charge in [0.1, 0.15) is 0 Å². The maximum Gasteiger partial charge on any atom is 0.0465 e. The molecule has 0 atom stereocenters. The standard InChI is InChI=1S/C48H37N/c1-48(2)45-33-36(24-23-35-25-28-39(29-26-35)47(37-15-7-3-8-16-37)38-17-9-4-10-18-38)27-31-43(45)44-32-30-42(34-46(44)48)49(40-19-11-5-12-20-40)41-21-13-6-14-22-41/h3-22,25-34,47H,1-2H3. The van der Waals surface area contributed by atoms with Crippen LogP contribution in [0.25, 0.3) is 11.1 Å². The second kappa shape index (κ2) is 12.8. The fourth-order valence-electron chi connectivity index (χ4n) is 7.32. The van der Waals surface area contributed by atoms with E-state index in [0.29, 0.717) is 0 Å². The molecule has 0 saturated carbocycles. The Morgan fingerprint density at radius 2 is 0.837 bits per heavy atom. The maximum atomic E-state index is 3.48. The first-order valence-corrected chi connectivity index (χ1v) is 17.0. The van der Waals surface area contributed by atoms with Crippen molar-refractivity contribution in [3.63, 3.8) is 0 Å². The van der Waals surface area contributed by atoms with Crippen LogP contribution in [0.2, 0.25) is 0 Å². The van der Waals surface area contributed by atoms with Crippen molar-refractivity contribution in [1.82, 2.24) is 0 Å². The van der Waals surface area contributed by atoms with Crippen LogP contribution in [0, 0.1) is 11.8 Å². The van der Waals surface area contributed by atoms with Gasteiger partial charge in [0.2, 0.25) is 0 Å². The van der Waals surface area contributed by atoms with Gasteiger partial charge in [-0.25, -0.2) is 0 Å². The lowest BCUT2D eigenvalue weighted by Gasteiger charge is -2.28. The van der Waals surface area contributed by atoms with Crippen molar-refractivity contribution in [2.24, 2.45) is 0 Å². The van der Waals surface area contributed by atoms with Crippen LogP contribution in [0.5, 0.6) is 0 Å². The number of para-hydroxylation sites is 2. The lowest BCUT2D eigenvalue weighted by molar-refractivity contribution is 0.660. The molecule has 234 valence electrons. The number of anilines is 3. The Balaban J connectivity index is 1.09. The summed E-state index contributed by atoms with van der Waals surface area (Å²) in [6, 6.07) is 65.1. The predicted molar refractivity (Wildman–Crippen MR) is 205 cm³/mol. The van der Waals surface area contributed by atoms with Gasteiger partial charge in [0.05, 0.1) is 0 Å². The molecule has 7 aromatic rings. The van der Waals surface area contributed by atoms with E-state index in [1.54, 1.807) is 0 Å². The minimum atomic E-state index is -0.164. The van der Waals surface area contributed by atoms with Crippen LogP contribution in [-0.4, -0.2) is 0 Å². The third kappa shape index (κ3) is 5.84. The second-order valence-electron chi connectivity index (χ2n) is 13.2. The van der Waals surface area contributed by atoms with E-state index in [2.05, 4.69) is 213 Å². The van der Waals surface area contributed by atoms with E-state index < -0.39 is 0 Å². The molecule has 0 spiro atoms. The van der Waals surface area contributed by atoms with Gasteiger partial charge in [0, 0.05) is 39.5 Å². The molecule has 1 nitrogen and oxygen atoms in total. The van der Waals surface area contributed by atoms with Crippen LogP contribution in [0.3, 0.4) is 0 Å². The highest BCUT2D eigenvalue weighted by Gasteiger charge is 2.36. The molecule has 49 heavy (non-hydrogen) atoms. The first kappa shape index (κ1) is 30.2. The highest BCUT2D eigenvalue weighted by atomic mass is 15.1. The molecule has 1 aliphatic rings. The summed E-state index contributed by atoms with van der Waals surface area (Å²) in [5, 5.41) is 0. The van der Waals surface area contributed by atoms with Crippen molar-refractivity contribution in [3.8, 4) is 23.0 Å². The summed E-state index contributed by atoms with van der Waals surface area (Å²) in [5.41, 5.74) is 14.4. The highest BCUT2D eigenvalue weighted by molar-refractivity contribution is 5.86. The van der Waals surface area contributed by atoms with Crippen LogP contribution >= 0.6 is 0 Å². The molecule has 0 heterocycles. The molecule has 0 aromatic heterocycles. The Kier molecular flexibility index (Phi) is 7.92. The molecule has 0 N–H and O–H groups in total. The molecule has 1 heteroatoms. The summed E-state index contributed by atoms with van der Waals surface area (Å²) in [6.45, 7) is 4.67. The van der Waals surface area contributed by atoms with Crippen LogP contribution in [0.4, 0.5) is 17.1 Å². The molecular weight excluding hydrogens is 591 g/mol. The van der Waals surface area contributed by atoms with Gasteiger partial charge in [-0.3, -0.25) is 0 Å². The van der Waals surface area contributed by atoms with E-state index in [0.717, 1.165) is 28.2 Å². The molecule has 0 aliphatic heterocycles. The lowest BCUT2D eigenvalue weighted by atomic mass is 9.81. The molecule has 0 amide bonds. The van der Waals surface area contributed by atoms with Crippen LogP contribution < -0.4 is 4.90 Å². The lowest BCUT2D eigenvalue weighted by Crippen LogP contribution is -2.16. The normalized spacial score (nSPS) is 12.5. The van der Waals surface area contributed by atoms with Gasteiger partial charge >= 0.3 is 0 Å². The van der Waals surface area contributed by atoms with Gasteiger partial charge in [-0.2, -0.15) is 0 Å². The van der Waals surface area contributed by atoms with Gasteiger partial charge < -0.3 is 4.90 Å². The molecular formula is C48H37N.